The van der Waals surface area contributed by atoms with Crippen molar-refractivity contribution in [1.29, 1.82) is 0 Å². The maximum Gasteiger partial charge on any atom is 0.244 e. The number of piperidine rings is 1. The fourth-order valence-electron chi connectivity index (χ4n) is 2.54. The normalized spacial score (nSPS) is 18.9. The third kappa shape index (κ3) is 3.12. The molecular weight excluding hydrogens is 286 g/mol. The van der Waals surface area contributed by atoms with E-state index in [0.717, 1.165) is 19.4 Å². The number of amides is 1. The van der Waals surface area contributed by atoms with Crippen molar-refractivity contribution < 1.29 is 9.32 Å². The zero-order valence-corrected chi connectivity index (χ0v) is 12.7. The Balaban J connectivity index is 1.64. The van der Waals surface area contributed by atoms with E-state index in [0.29, 0.717) is 18.3 Å². The molecule has 0 N–H and O–H groups in total. The van der Waals surface area contributed by atoms with Crippen molar-refractivity contribution in [3.63, 3.8) is 0 Å². The van der Waals surface area contributed by atoms with Crippen LogP contribution in [0.2, 0.25) is 0 Å². The van der Waals surface area contributed by atoms with E-state index < -0.39 is 0 Å². The van der Waals surface area contributed by atoms with E-state index in [2.05, 4.69) is 25.7 Å². The minimum absolute atomic E-state index is 0.000554. The van der Waals surface area contributed by atoms with Gasteiger partial charge in [0.05, 0.1) is 5.92 Å². The molecule has 3 rings (SSSR count). The van der Waals surface area contributed by atoms with Gasteiger partial charge in [0.1, 0.15) is 12.9 Å². The maximum absolute atomic E-state index is 12.3. The highest BCUT2D eigenvalue weighted by Gasteiger charge is 2.29. The Kier molecular flexibility index (Phi) is 4.12. The number of rotatable bonds is 4. The molecule has 1 aliphatic rings. The van der Waals surface area contributed by atoms with Gasteiger partial charge in [-0.15, -0.1) is 5.10 Å². The molecule has 9 heteroatoms. The van der Waals surface area contributed by atoms with E-state index in [1.807, 2.05) is 18.7 Å². The van der Waals surface area contributed by atoms with E-state index in [4.69, 9.17) is 4.52 Å². The molecular formula is C13H19N7O2. The summed E-state index contributed by atoms with van der Waals surface area (Å²) in [6.45, 7) is 5.54. The van der Waals surface area contributed by atoms with Crippen LogP contribution in [0.4, 0.5) is 0 Å². The highest BCUT2D eigenvalue weighted by atomic mass is 16.5. The van der Waals surface area contributed by atoms with Gasteiger partial charge in [-0.2, -0.15) is 4.98 Å². The Morgan fingerprint density at radius 3 is 3.05 bits per heavy atom. The van der Waals surface area contributed by atoms with Crippen molar-refractivity contribution >= 4 is 5.91 Å². The van der Waals surface area contributed by atoms with Crippen LogP contribution in [0.25, 0.3) is 0 Å². The lowest BCUT2D eigenvalue weighted by Gasteiger charge is -2.30. The van der Waals surface area contributed by atoms with Crippen LogP contribution in [0.3, 0.4) is 0 Å². The fraction of sp³-hybridized carbons (Fsp3) is 0.692. The molecule has 1 saturated heterocycles. The molecule has 0 saturated carbocycles. The van der Waals surface area contributed by atoms with E-state index >= 15 is 0 Å². The first kappa shape index (κ1) is 14.6. The molecule has 1 aliphatic heterocycles. The Morgan fingerprint density at radius 1 is 1.50 bits per heavy atom. The van der Waals surface area contributed by atoms with Crippen LogP contribution >= 0.6 is 0 Å². The van der Waals surface area contributed by atoms with Gasteiger partial charge >= 0.3 is 0 Å². The molecule has 2 aromatic rings. The SMILES string of the molecule is CC(C)c1noc([C@@H]2CCCN(C(=O)Cn3cnnn3)C2)n1. The Hall–Kier alpha value is -2.32. The van der Waals surface area contributed by atoms with Crippen LogP contribution in [-0.2, 0) is 11.3 Å². The summed E-state index contributed by atoms with van der Waals surface area (Å²) in [6, 6.07) is 0. The number of carbonyl (C=O) groups is 1. The fourth-order valence-corrected chi connectivity index (χ4v) is 2.54. The van der Waals surface area contributed by atoms with Gasteiger partial charge in [-0.25, -0.2) is 4.68 Å². The highest BCUT2D eigenvalue weighted by Crippen LogP contribution is 2.26. The second-order valence-corrected chi connectivity index (χ2v) is 5.83. The Bertz CT molecular complexity index is 622. The van der Waals surface area contributed by atoms with Crippen molar-refractivity contribution in [2.45, 2.75) is 45.1 Å². The summed E-state index contributed by atoms with van der Waals surface area (Å²) in [7, 11) is 0. The third-order valence-corrected chi connectivity index (χ3v) is 3.79. The largest absolute Gasteiger partial charge is 0.340 e. The number of hydrogen-bond acceptors (Lipinski definition) is 7. The standard InChI is InChI=1S/C13H19N7O2/c1-9(2)12-15-13(22-16-12)10-4-3-5-19(6-10)11(21)7-20-8-14-17-18-20/h8-10H,3-7H2,1-2H3/t10-/m1/s1. The third-order valence-electron chi connectivity index (χ3n) is 3.79. The summed E-state index contributed by atoms with van der Waals surface area (Å²) >= 11 is 0. The van der Waals surface area contributed by atoms with Crippen LogP contribution in [0.15, 0.2) is 10.9 Å². The highest BCUT2D eigenvalue weighted by molar-refractivity contribution is 5.76. The maximum atomic E-state index is 12.3. The molecule has 1 atom stereocenters. The average Bonchev–Trinajstić information content (AvgIpc) is 3.18. The quantitative estimate of drug-likeness (QED) is 0.814. The zero-order valence-electron chi connectivity index (χ0n) is 12.7. The van der Waals surface area contributed by atoms with E-state index in [9.17, 15) is 4.79 Å². The molecule has 3 heterocycles. The molecule has 0 spiro atoms. The van der Waals surface area contributed by atoms with Gasteiger partial charge in [0, 0.05) is 19.0 Å². The first-order valence-electron chi connectivity index (χ1n) is 7.45. The number of aromatic nitrogens is 6. The minimum atomic E-state index is 0.000554. The lowest BCUT2D eigenvalue weighted by atomic mass is 9.98. The van der Waals surface area contributed by atoms with Crippen molar-refractivity contribution in [3.8, 4) is 0 Å². The summed E-state index contributed by atoms with van der Waals surface area (Å²) in [5.41, 5.74) is 0. The van der Waals surface area contributed by atoms with Gasteiger partial charge in [0.25, 0.3) is 0 Å². The average molecular weight is 305 g/mol. The minimum Gasteiger partial charge on any atom is -0.340 e. The first-order chi connectivity index (χ1) is 10.6. The van der Waals surface area contributed by atoms with Crippen molar-refractivity contribution in [3.05, 3.63) is 18.0 Å². The van der Waals surface area contributed by atoms with Crippen LogP contribution in [0.1, 0.15) is 50.2 Å². The number of likely N-dealkylation sites (tertiary alicyclic amines) is 1. The van der Waals surface area contributed by atoms with Crippen molar-refractivity contribution in [2.75, 3.05) is 13.1 Å². The zero-order chi connectivity index (χ0) is 15.5. The number of hydrogen-bond donors (Lipinski definition) is 0. The molecule has 2 aromatic heterocycles. The van der Waals surface area contributed by atoms with Gasteiger partial charge < -0.3 is 9.42 Å². The molecule has 0 radical (unpaired) electrons. The van der Waals surface area contributed by atoms with E-state index in [1.54, 1.807) is 0 Å². The van der Waals surface area contributed by atoms with Gasteiger partial charge in [-0.3, -0.25) is 4.79 Å². The molecule has 0 aliphatic carbocycles. The molecule has 118 valence electrons. The van der Waals surface area contributed by atoms with Gasteiger partial charge in [0.15, 0.2) is 5.82 Å². The lowest BCUT2D eigenvalue weighted by molar-refractivity contribution is -0.133. The molecule has 0 unspecified atom stereocenters. The van der Waals surface area contributed by atoms with E-state index in [1.165, 1.54) is 11.0 Å². The van der Waals surface area contributed by atoms with Gasteiger partial charge in [0.2, 0.25) is 11.8 Å². The number of carbonyl (C=O) groups excluding carboxylic acids is 1. The topological polar surface area (TPSA) is 103 Å². The summed E-state index contributed by atoms with van der Waals surface area (Å²) in [4.78, 5) is 18.6. The van der Waals surface area contributed by atoms with Crippen molar-refractivity contribution in [1.82, 2.24) is 35.2 Å². The summed E-state index contributed by atoms with van der Waals surface area (Å²) in [5.74, 6) is 1.68. The predicted molar refractivity (Wildman–Crippen MR) is 74.8 cm³/mol. The molecule has 1 fully saturated rings. The monoisotopic (exact) mass is 305 g/mol. The molecule has 9 nitrogen and oxygen atoms in total. The Labute approximate surface area is 127 Å². The summed E-state index contributed by atoms with van der Waals surface area (Å²) < 4.78 is 6.79. The van der Waals surface area contributed by atoms with E-state index in [-0.39, 0.29) is 24.3 Å². The molecule has 22 heavy (non-hydrogen) atoms. The van der Waals surface area contributed by atoms with Crippen LogP contribution in [0.5, 0.6) is 0 Å². The smallest absolute Gasteiger partial charge is 0.244 e. The second kappa shape index (κ2) is 6.20. The number of nitrogens with zero attached hydrogens (tertiary/aromatic N) is 7. The number of tetrazole rings is 1. The lowest BCUT2D eigenvalue weighted by Crippen LogP contribution is -2.41. The Morgan fingerprint density at radius 2 is 2.36 bits per heavy atom. The first-order valence-corrected chi connectivity index (χ1v) is 7.45. The summed E-state index contributed by atoms with van der Waals surface area (Å²) in [5, 5.41) is 14.8. The predicted octanol–water partition coefficient (Wildman–Crippen LogP) is 0.586. The second-order valence-electron chi connectivity index (χ2n) is 5.83. The van der Waals surface area contributed by atoms with Crippen molar-refractivity contribution in [2.24, 2.45) is 0 Å². The molecule has 1 amide bonds. The molecule has 0 aromatic carbocycles. The summed E-state index contributed by atoms with van der Waals surface area (Å²) in [6.07, 6.45) is 3.31. The van der Waals surface area contributed by atoms with Crippen LogP contribution in [-0.4, -0.2) is 54.2 Å². The van der Waals surface area contributed by atoms with Gasteiger partial charge in [-0.05, 0) is 23.3 Å². The van der Waals surface area contributed by atoms with Gasteiger partial charge in [-0.1, -0.05) is 19.0 Å². The molecule has 0 bridgehead atoms. The van der Waals surface area contributed by atoms with Crippen LogP contribution in [0, 0.1) is 0 Å². The van der Waals surface area contributed by atoms with Crippen LogP contribution < -0.4 is 0 Å².